The summed E-state index contributed by atoms with van der Waals surface area (Å²) >= 11 is 6.16. The predicted octanol–water partition coefficient (Wildman–Crippen LogP) is 3.64. The second-order valence-electron chi connectivity index (χ2n) is 10.2. The summed E-state index contributed by atoms with van der Waals surface area (Å²) in [6.07, 6.45) is 4.62. The maximum absolute atomic E-state index is 13.0. The Morgan fingerprint density at radius 1 is 1.26 bits per heavy atom. The smallest absolute Gasteiger partial charge is 0.254 e. The topological polar surface area (TPSA) is 108 Å². The van der Waals surface area contributed by atoms with Crippen LogP contribution in [0.15, 0.2) is 30.6 Å². The Hall–Kier alpha value is -3.18. The number of carbonyl (C=O) groups is 2. The standard InChI is InChI=1S/C25H28ClN5O3/c1-24(2)21(25(3,4)22(24)34-18-6-5-16(10-27)19(26)9-18)30-20(33)17-11-28-23(29-12-17)31-8-7-15(13-31)14-32/h5-6,9,11-12,14-15,21-22H,7-8,13H2,1-4H3,(H,30,33)/t15-,21?,22?/m1/s1. The normalized spacial score (nSPS) is 24.6. The molecule has 1 N–H and O–H groups in total. The Labute approximate surface area is 204 Å². The Morgan fingerprint density at radius 3 is 2.50 bits per heavy atom. The molecule has 1 aromatic carbocycles. The van der Waals surface area contributed by atoms with Crippen molar-refractivity contribution < 1.29 is 14.3 Å². The van der Waals surface area contributed by atoms with E-state index in [-0.39, 0.29) is 34.8 Å². The fraction of sp³-hybridized carbons (Fsp3) is 0.480. The van der Waals surface area contributed by atoms with E-state index < -0.39 is 0 Å². The summed E-state index contributed by atoms with van der Waals surface area (Å²) in [5.41, 5.74) is 0.0527. The van der Waals surface area contributed by atoms with E-state index in [1.807, 2.05) is 11.0 Å². The summed E-state index contributed by atoms with van der Waals surface area (Å²) in [5.74, 6) is 0.872. The molecule has 1 atom stereocenters. The average Bonchev–Trinajstić information content (AvgIpc) is 3.30. The van der Waals surface area contributed by atoms with Gasteiger partial charge < -0.3 is 19.7 Å². The van der Waals surface area contributed by atoms with Crippen LogP contribution < -0.4 is 15.0 Å². The van der Waals surface area contributed by atoms with E-state index in [9.17, 15) is 9.59 Å². The highest BCUT2D eigenvalue weighted by molar-refractivity contribution is 6.31. The van der Waals surface area contributed by atoms with Crippen LogP contribution in [0.3, 0.4) is 0 Å². The van der Waals surface area contributed by atoms with Gasteiger partial charge in [0.25, 0.3) is 5.91 Å². The molecule has 1 aromatic heterocycles. The zero-order valence-electron chi connectivity index (χ0n) is 19.7. The highest BCUT2D eigenvalue weighted by atomic mass is 35.5. The molecule has 2 heterocycles. The number of nitrogens with one attached hydrogen (secondary N) is 1. The number of anilines is 1. The molecule has 1 amide bonds. The minimum absolute atomic E-state index is 0.00475. The number of halogens is 1. The molecule has 1 saturated heterocycles. The van der Waals surface area contributed by atoms with Gasteiger partial charge in [0, 0.05) is 54.3 Å². The number of carbonyl (C=O) groups excluding carboxylic acids is 2. The van der Waals surface area contributed by atoms with Gasteiger partial charge in [-0.3, -0.25) is 4.79 Å². The number of hydrogen-bond acceptors (Lipinski definition) is 7. The number of nitriles is 1. The molecular formula is C25H28ClN5O3. The van der Waals surface area contributed by atoms with Crippen LogP contribution in [0.2, 0.25) is 5.02 Å². The van der Waals surface area contributed by atoms with Crippen LogP contribution in [0.4, 0.5) is 5.95 Å². The molecule has 9 heteroatoms. The fourth-order valence-electron chi connectivity index (χ4n) is 5.49. The number of benzene rings is 1. The summed E-state index contributed by atoms with van der Waals surface area (Å²) in [6, 6.07) is 6.91. The number of hydrogen-bond donors (Lipinski definition) is 1. The van der Waals surface area contributed by atoms with Gasteiger partial charge in [0.1, 0.15) is 24.2 Å². The largest absolute Gasteiger partial charge is 0.489 e. The molecule has 178 valence electrons. The van der Waals surface area contributed by atoms with Gasteiger partial charge in [-0.05, 0) is 18.6 Å². The first-order chi connectivity index (χ1) is 16.1. The van der Waals surface area contributed by atoms with Gasteiger partial charge in [0.15, 0.2) is 0 Å². The highest BCUT2D eigenvalue weighted by Gasteiger charge is 2.64. The molecule has 2 aromatic rings. The molecule has 0 radical (unpaired) electrons. The maximum Gasteiger partial charge on any atom is 0.254 e. The van der Waals surface area contributed by atoms with Gasteiger partial charge in [-0.1, -0.05) is 39.3 Å². The van der Waals surface area contributed by atoms with Gasteiger partial charge in [-0.25, -0.2) is 9.97 Å². The van der Waals surface area contributed by atoms with E-state index in [2.05, 4.69) is 43.0 Å². The fourth-order valence-corrected chi connectivity index (χ4v) is 5.70. The van der Waals surface area contributed by atoms with Gasteiger partial charge in [0.2, 0.25) is 5.95 Å². The minimum Gasteiger partial charge on any atom is -0.489 e. The SMILES string of the molecule is CC1(C)C(NC(=O)c2cnc(N3CC[C@@H](C=O)C3)nc2)C(C)(C)C1Oc1ccc(C#N)c(Cl)c1. The second-order valence-corrected chi connectivity index (χ2v) is 10.6. The lowest BCUT2D eigenvalue weighted by atomic mass is 9.49. The van der Waals surface area contributed by atoms with E-state index in [4.69, 9.17) is 21.6 Å². The van der Waals surface area contributed by atoms with Gasteiger partial charge in [-0.2, -0.15) is 5.26 Å². The Kier molecular flexibility index (Phi) is 6.26. The quantitative estimate of drug-likeness (QED) is 0.627. The van der Waals surface area contributed by atoms with Crippen LogP contribution in [0.1, 0.15) is 50.0 Å². The third-order valence-corrected chi connectivity index (χ3v) is 7.34. The first-order valence-electron chi connectivity index (χ1n) is 11.3. The first kappa shape index (κ1) is 24.0. The van der Waals surface area contributed by atoms with E-state index in [0.29, 0.717) is 34.4 Å². The first-order valence-corrected chi connectivity index (χ1v) is 11.6. The van der Waals surface area contributed by atoms with Crippen LogP contribution in [0.5, 0.6) is 5.75 Å². The molecule has 1 saturated carbocycles. The summed E-state index contributed by atoms with van der Waals surface area (Å²) in [5, 5.41) is 12.6. The van der Waals surface area contributed by atoms with Crippen molar-refractivity contribution in [3.63, 3.8) is 0 Å². The van der Waals surface area contributed by atoms with Crippen molar-refractivity contribution >= 4 is 29.7 Å². The monoisotopic (exact) mass is 481 g/mol. The van der Waals surface area contributed by atoms with Crippen molar-refractivity contribution in [2.75, 3.05) is 18.0 Å². The summed E-state index contributed by atoms with van der Waals surface area (Å²) < 4.78 is 6.27. The highest BCUT2D eigenvalue weighted by Crippen LogP contribution is 2.55. The molecular weight excluding hydrogens is 454 g/mol. The van der Waals surface area contributed by atoms with Crippen molar-refractivity contribution in [2.45, 2.75) is 46.3 Å². The van der Waals surface area contributed by atoms with E-state index in [1.54, 1.807) is 18.2 Å². The van der Waals surface area contributed by atoms with Gasteiger partial charge in [-0.15, -0.1) is 0 Å². The molecule has 1 aliphatic heterocycles. The molecule has 34 heavy (non-hydrogen) atoms. The van der Waals surface area contributed by atoms with Crippen LogP contribution in [0, 0.1) is 28.1 Å². The molecule has 0 unspecified atom stereocenters. The maximum atomic E-state index is 13.0. The van der Waals surface area contributed by atoms with E-state index in [0.717, 1.165) is 19.3 Å². The molecule has 0 bridgehead atoms. The summed E-state index contributed by atoms with van der Waals surface area (Å²) in [4.78, 5) is 34.6. The summed E-state index contributed by atoms with van der Waals surface area (Å²) in [6.45, 7) is 9.53. The number of rotatable bonds is 6. The predicted molar refractivity (Wildman–Crippen MR) is 128 cm³/mol. The van der Waals surface area contributed by atoms with Crippen LogP contribution in [0.25, 0.3) is 0 Å². The number of amides is 1. The molecule has 8 nitrogen and oxygen atoms in total. The molecule has 2 aliphatic rings. The Balaban J connectivity index is 1.42. The van der Waals surface area contributed by atoms with Crippen molar-refractivity contribution in [1.82, 2.24) is 15.3 Å². The van der Waals surface area contributed by atoms with E-state index >= 15 is 0 Å². The molecule has 2 fully saturated rings. The van der Waals surface area contributed by atoms with Gasteiger partial charge >= 0.3 is 0 Å². The number of aldehydes is 1. The van der Waals surface area contributed by atoms with Gasteiger partial charge in [0.05, 0.1) is 16.1 Å². The minimum atomic E-state index is -0.361. The van der Waals surface area contributed by atoms with Crippen LogP contribution >= 0.6 is 11.6 Å². The zero-order valence-corrected chi connectivity index (χ0v) is 20.5. The Morgan fingerprint density at radius 2 is 1.94 bits per heavy atom. The average molecular weight is 482 g/mol. The zero-order chi connectivity index (χ0) is 24.7. The molecule has 1 aliphatic carbocycles. The molecule has 0 spiro atoms. The molecule has 4 rings (SSSR count). The third kappa shape index (κ3) is 4.21. The number of nitrogens with zero attached hydrogens (tertiary/aromatic N) is 4. The lowest BCUT2D eigenvalue weighted by molar-refractivity contribution is -0.164. The number of ether oxygens (including phenoxy) is 1. The lowest BCUT2D eigenvalue weighted by Gasteiger charge is -2.63. The second kappa shape index (κ2) is 8.88. The van der Waals surface area contributed by atoms with Crippen molar-refractivity contribution in [2.24, 2.45) is 16.7 Å². The van der Waals surface area contributed by atoms with Crippen molar-refractivity contribution in [3.8, 4) is 11.8 Å². The van der Waals surface area contributed by atoms with Crippen molar-refractivity contribution in [3.05, 3.63) is 46.7 Å². The third-order valence-electron chi connectivity index (χ3n) is 7.03. The van der Waals surface area contributed by atoms with Crippen LogP contribution in [-0.2, 0) is 4.79 Å². The lowest BCUT2D eigenvalue weighted by Crippen LogP contribution is -2.74. The van der Waals surface area contributed by atoms with E-state index in [1.165, 1.54) is 12.4 Å². The van der Waals surface area contributed by atoms with Crippen molar-refractivity contribution in [1.29, 1.82) is 5.26 Å². The summed E-state index contributed by atoms with van der Waals surface area (Å²) in [7, 11) is 0. The number of aromatic nitrogens is 2. The van der Waals surface area contributed by atoms with Crippen LogP contribution in [-0.4, -0.2) is 47.4 Å². The Bertz CT molecular complexity index is 1130.